The van der Waals surface area contributed by atoms with Gasteiger partial charge in [-0.3, -0.25) is 9.59 Å². The van der Waals surface area contributed by atoms with E-state index in [-0.39, 0.29) is 24.4 Å². The summed E-state index contributed by atoms with van der Waals surface area (Å²) >= 11 is 3.52. The molecule has 1 aliphatic heterocycles. The highest BCUT2D eigenvalue weighted by atomic mass is 79.9. The summed E-state index contributed by atoms with van der Waals surface area (Å²) in [7, 11) is 0. The van der Waals surface area contributed by atoms with Gasteiger partial charge in [0, 0.05) is 34.7 Å². The third kappa shape index (κ3) is 3.17. The molecule has 2 amide bonds. The van der Waals surface area contributed by atoms with Crippen LogP contribution in [0.1, 0.15) is 5.56 Å². The molecule has 0 spiro atoms. The lowest BCUT2D eigenvalue weighted by Gasteiger charge is -2.38. The lowest BCUT2D eigenvalue weighted by atomic mass is 10.1. The van der Waals surface area contributed by atoms with Gasteiger partial charge >= 0.3 is 0 Å². The summed E-state index contributed by atoms with van der Waals surface area (Å²) in [6, 6.07) is 6.16. The predicted octanol–water partition coefficient (Wildman–Crippen LogP) is 2.23. The maximum absolute atomic E-state index is 12.2. The van der Waals surface area contributed by atoms with Gasteiger partial charge in [0.2, 0.25) is 11.8 Å². The molecule has 3 rings (SSSR count). The molecule has 1 fully saturated rings. The molecular weight excluding hydrogens is 358 g/mol. The lowest BCUT2D eigenvalue weighted by molar-refractivity contribution is -0.133. The molecule has 120 valence electrons. The van der Waals surface area contributed by atoms with Crippen molar-refractivity contribution in [2.45, 2.75) is 19.5 Å². The van der Waals surface area contributed by atoms with Crippen LogP contribution in [0.15, 0.2) is 41.5 Å². The number of hydrogen-bond acceptors (Lipinski definition) is 2. The first-order valence-corrected chi connectivity index (χ1v) is 8.23. The van der Waals surface area contributed by atoms with Crippen molar-refractivity contribution in [1.82, 2.24) is 14.8 Å². The van der Waals surface area contributed by atoms with Crippen LogP contribution < -0.4 is 5.32 Å². The Morgan fingerprint density at radius 2 is 2.17 bits per heavy atom. The average molecular weight is 376 g/mol. The van der Waals surface area contributed by atoms with Crippen LogP contribution in [-0.2, 0) is 16.1 Å². The predicted molar refractivity (Wildman–Crippen MR) is 93.1 cm³/mol. The number of carbonyl (C=O) groups is 2. The van der Waals surface area contributed by atoms with Gasteiger partial charge in [0.05, 0.1) is 6.04 Å². The quantitative estimate of drug-likeness (QED) is 0.833. The number of hydrogen-bond donors (Lipinski definition) is 1. The number of rotatable bonds is 4. The first-order chi connectivity index (χ1) is 11.0. The summed E-state index contributed by atoms with van der Waals surface area (Å²) in [4.78, 5) is 25.2. The number of nitrogens with zero attached hydrogens (tertiary/aromatic N) is 2. The molecule has 1 aromatic carbocycles. The van der Waals surface area contributed by atoms with Crippen molar-refractivity contribution in [2.24, 2.45) is 0 Å². The maximum Gasteiger partial charge on any atom is 0.246 e. The molecule has 0 aliphatic carbocycles. The first-order valence-electron chi connectivity index (χ1n) is 7.43. The van der Waals surface area contributed by atoms with Crippen LogP contribution in [-0.4, -0.2) is 40.4 Å². The van der Waals surface area contributed by atoms with Gasteiger partial charge < -0.3 is 14.8 Å². The van der Waals surface area contributed by atoms with Crippen LogP contribution in [0.3, 0.4) is 0 Å². The fraction of sp³-hybridized carbons (Fsp3) is 0.294. The summed E-state index contributed by atoms with van der Waals surface area (Å²) in [6.07, 6.45) is 3.22. The average Bonchev–Trinajstić information content (AvgIpc) is 2.84. The molecule has 5 nitrogen and oxygen atoms in total. The van der Waals surface area contributed by atoms with E-state index in [0.29, 0.717) is 13.1 Å². The highest BCUT2D eigenvalue weighted by Gasteiger charge is 2.30. The van der Waals surface area contributed by atoms with Crippen molar-refractivity contribution < 1.29 is 9.59 Å². The molecule has 1 saturated heterocycles. The molecular formula is C17H18BrN3O2. The summed E-state index contributed by atoms with van der Waals surface area (Å²) < 4.78 is 3.00. The Morgan fingerprint density at radius 3 is 2.87 bits per heavy atom. The topological polar surface area (TPSA) is 54.3 Å². The number of aryl methyl sites for hydroxylation is 1. The third-order valence-corrected chi connectivity index (χ3v) is 4.95. The van der Waals surface area contributed by atoms with Crippen molar-refractivity contribution >= 4 is 38.6 Å². The second-order valence-electron chi connectivity index (χ2n) is 5.82. The number of aromatic nitrogens is 1. The van der Waals surface area contributed by atoms with Crippen LogP contribution in [0, 0.1) is 6.92 Å². The van der Waals surface area contributed by atoms with Crippen molar-refractivity contribution in [3.8, 4) is 0 Å². The van der Waals surface area contributed by atoms with Crippen LogP contribution in [0.4, 0.5) is 0 Å². The van der Waals surface area contributed by atoms with Gasteiger partial charge in [-0.05, 0) is 36.8 Å². The van der Waals surface area contributed by atoms with Gasteiger partial charge in [0.25, 0.3) is 0 Å². The Hall–Kier alpha value is -2.08. The monoisotopic (exact) mass is 375 g/mol. The molecule has 1 aromatic heterocycles. The number of carbonyl (C=O) groups excluding carboxylic acids is 2. The summed E-state index contributed by atoms with van der Waals surface area (Å²) in [5.74, 6) is -0.133. The Labute approximate surface area is 143 Å². The molecule has 6 heteroatoms. The fourth-order valence-corrected chi connectivity index (χ4v) is 3.12. The summed E-state index contributed by atoms with van der Waals surface area (Å²) in [6.45, 7) is 6.86. The molecule has 0 radical (unpaired) electrons. The number of halogens is 1. The minimum atomic E-state index is -0.0899. The number of likely N-dealkylation sites (tertiary alicyclic amines) is 1. The number of amides is 2. The zero-order valence-electron chi connectivity index (χ0n) is 12.9. The molecule has 2 heterocycles. The molecule has 1 N–H and O–H groups in total. The van der Waals surface area contributed by atoms with Gasteiger partial charge in [-0.25, -0.2) is 0 Å². The van der Waals surface area contributed by atoms with Gasteiger partial charge in [-0.2, -0.15) is 0 Å². The van der Waals surface area contributed by atoms with E-state index in [1.807, 2.05) is 23.8 Å². The van der Waals surface area contributed by atoms with Crippen LogP contribution in [0.25, 0.3) is 10.9 Å². The highest BCUT2D eigenvalue weighted by Crippen LogP contribution is 2.24. The number of fused-ring (bicyclic) bond motifs is 1. The molecule has 0 atom stereocenters. The minimum absolute atomic E-state index is 0.0316. The van der Waals surface area contributed by atoms with E-state index in [4.69, 9.17) is 0 Å². The Kier molecular flexibility index (Phi) is 4.26. The fourth-order valence-electron chi connectivity index (χ4n) is 2.76. The van der Waals surface area contributed by atoms with Crippen molar-refractivity contribution in [2.75, 3.05) is 13.1 Å². The summed E-state index contributed by atoms with van der Waals surface area (Å²) in [5, 5.41) is 4.06. The maximum atomic E-state index is 12.2. The van der Waals surface area contributed by atoms with Crippen molar-refractivity contribution in [1.29, 1.82) is 0 Å². The molecule has 0 bridgehead atoms. The molecule has 2 aromatic rings. The Bertz CT molecular complexity index is 790. The van der Waals surface area contributed by atoms with Crippen molar-refractivity contribution in [3.05, 3.63) is 47.1 Å². The molecule has 0 saturated carbocycles. The second-order valence-corrected chi connectivity index (χ2v) is 6.67. The molecule has 23 heavy (non-hydrogen) atoms. The molecule has 1 aliphatic rings. The molecule has 0 unspecified atom stereocenters. The van der Waals surface area contributed by atoms with E-state index >= 15 is 0 Å². The van der Waals surface area contributed by atoms with E-state index in [1.165, 1.54) is 6.08 Å². The third-order valence-electron chi connectivity index (χ3n) is 4.10. The Balaban J connectivity index is 1.62. The van der Waals surface area contributed by atoms with Crippen LogP contribution in [0.5, 0.6) is 0 Å². The zero-order valence-corrected chi connectivity index (χ0v) is 14.5. The largest absolute Gasteiger partial charge is 0.348 e. The lowest BCUT2D eigenvalue weighted by Crippen LogP contribution is -2.61. The van der Waals surface area contributed by atoms with E-state index in [1.54, 1.807) is 4.90 Å². The van der Waals surface area contributed by atoms with Gasteiger partial charge in [-0.1, -0.05) is 22.5 Å². The Morgan fingerprint density at radius 1 is 1.43 bits per heavy atom. The first kappa shape index (κ1) is 15.8. The second kappa shape index (κ2) is 6.20. The highest BCUT2D eigenvalue weighted by molar-refractivity contribution is 9.10. The SMILES string of the molecule is C=CC(=O)N1CC(NC(=O)Cn2ccc3cc(Br)c(C)cc32)C1. The number of nitrogens with one attached hydrogen (secondary N) is 1. The van der Waals surface area contributed by atoms with Crippen LogP contribution >= 0.6 is 15.9 Å². The van der Waals surface area contributed by atoms with Gasteiger partial charge in [0.1, 0.15) is 6.54 Å². The standard InChI is InChI=1S/C17H18BrN3O2/c1-3-17(23)21-8-13(9-21)19-16(22)10-20-5-4-12-7-14(18)11(2)6-15(12)20/h3-7,13H,1,8-10H2,2H3,(H,19,22). The van der Waals surface area contributed by atoms with Crippen molar-refractivity contribution in [3.63, 3.8) is 0 Å². The number of benzene rings is 1. The zero-order chi connectivity index (χ0) is 16.6. The smallest absolute Gasteiger partial charge is 0.246 e. The van der Waals surface area contributed by atoms with E-state index in [9.17, 15) is 9.59 Å². The van der Waals surface area contributed by atoms with E-state index in [0.717, 1.165) is 20.9 Å². The van der Waals surface area contributed by atoms with Gasteiger partial charge in [0.15, 0.2) is 0 Å². The van der Waals surface area contributed by atoms with Crippen LogP contribution in [0.2, 0.25) is 0 Å². The normalized spacial score (nSPS) is 14.6. The minimum Gasteiger partial charge on any atom is -0.348 e. The van der Waals surface area contributed by atoms with Gasteiger partial charge in [-0.15, -0.1) is 0 Å². The summed E-state index contributed by atoms with van der Waals surface area (Å²) in [5.41, 5.74) is 2.17. The van der Waals surface area contributed by atoms with E-state index < -0.39 is 0 Å². The van der Waals surface area contributed by atoms with E-state index in [2.05, 4.69) is 40.0 Å².